The predicted molar refractivity (Wildman–Crippen MR) is 98.3 cm³/mol. The Bertz CT molecular complexity index is 703. The van der Waals surface area contributed by atoms with Crippen molar-refractivity contribution in [2.24, 2.45) is 0 Å². The highest BCUT2D eigenvalue weighted by molar-refractivity contribution is 9.09. The third kappa shape index (κ3) is 3.79. The lowest BCUT2D eigenvalue weighted by molar-refractivity contribution is 0.443. The van der Waals surface area contributed by atoms with Gasteiger partial charge < -0.3 is 9.52 Å². The summed E-state index contributed by atoms with van der Waals surface area (Å²) in [6.07, 6.45) is 1.63. The Morgan fingerprint density at radius 1 is 1.09 bits per heavy atom. The van der Waals surface area contributed by atoms with Crippen LogP contribution < -0.4 is 0 Å². The number of rotatable bonds is 2. The van der Waals surface area contributed by atoms with E-state index in [0.717, 1.165) is 16.8 Å². The minimum Gasteiger partial charge on any atom is -0.507 e. The van der Waals surface area contributed by atoms with Gasteiger partial charge in [-0.25, -0.2) is 4.98 Å². The van der Waals surface area contributed by atoms with Crippen LogP contribution in [0.5, 0.6) is 5.75 Å². The summed E-state index contributed by atoms with van der Waals surface area (Å²) in [6.45, 7) is 14.8. The Morgan fingerprint density at radius 3 is 2.13 bits per heavy atom. The minimum absolute atomic E-state index is 0.0272. The van der Waals surface area contributed by atoms with Gasteiger partial charge in [-0.15, -0.1) is 0 Å². The summed E-state index contributed by atoms with van der Waals surface area (Å²) >= 11 is 3.49. The number of oxazole rings is 1. The number of hydrogen-bond acceptors (Lipinski definition) is 3. The molecular weight excluding hydrogens is 354 g/mol. The topological polar surface area (TPSA) is 46.3 Å². The van der Waals surface area contributed by atoms with Crippen molar-refractivity contribution in [2.45, 2.75) is 64.1 Å². The predicted octanol–water partition coefficient (Wildman–Crippen LogP) is 6.10. The SMILES string of the molecule is CC(Br)c1coc(-c2cc(C(C)(C)C)cc(C(C)(C)C)c2O)n1. The standard InChI is InChI=1S/C19H26BrNO2/c1-11(20)15-10-23-17(21-15)13-8-12(18(2,3)4)9-14(16(13)22)19(5,6)7/h8-11,22H,1-7H3. The number of phenols is 1. The molecule has 126 valence electrons. The van der Waals surface area contributed by atoms with Gasteiger partial charge in [0.05, 0.1) is 16.1 Å². The number of phenolic OH excluding ortho intramolecular Hbond substituents is 1. The lowest BCUT2D eigenvalue weighted by Gasteiger charge is -2.27. The maximum Gasteiger partial charge on any atom is 0.229 e. The Morgan fingerprint density at radius 2 is 1.70 bits per heavy atom. The van der Waals surface area contributed by atoms with Crippen molar-refractivity contribution in [1.82, 2.24) is 4.98 Å². The van der Waals surface area contributed by atoms with Crippen LogP contribution in [0.1, 0.15) is 70.1 Å². The summed E-state index contributed by atoms with van der Waals surface area (Å²) < 4.78 is 5.63. The van der Waals surface area contributed by atoms with Crippen LogP contribution in [0.2, 0.25) is 0 Å². The van der Waals surface area contributed by atoms with Crippen LogP contribution in [-0.4, -0.2) is 10.1 Å². The third-order valence-electron chi connectivity index (χ3n) is 3.94. The summed E-state index contributed by atoms with van der Waals surface area (Å²) in [4.78, 5) is 4.62. The molecule has 0 radical (unpaired) electrons. The summed E-state index contributed by atoms with van der Waals surface area (Å²) in [6, 6.07) is 4.08. The van der Waals surface area contributed by atoms with E-state index in [9.17, 15) is 5.11 Å². The zero-order chi connectivity index (χ0) is 17.6. The largest absolute Gasteiger partial charge is 0.507 e. The van der Waals surface area contributed by atoms with E-state index in [1.54, 1.807) is 6.26 Å². The highest BCUT2D eigenvalue weighted by atomic mass is 79.9. The average molecular weight is 380 g/mol. The molecule has 1 N–H and O–H groups in total. The summed E-state index contributed by atoms with van der Waals surface area (Å²) in [5, 5.41) is 10.8. The average Bonchev–Trinajstić information content (AvgIpc) is 2.85. The van der Waals surface area contributed by atoms with E-state index in [2.05, 4.69) is 68.5 Å². The Labute approximate surface area is 147 Å². The molecule has 1 aromatic heterocycles. The number of halogens is 1. The van der Waals surface area contributed by atoms with Gasteiger partial charge in [-0.2, -0.15) is 0 Å². The third-order valence-corrected chi connectivity index (χ3v) is 4.41. The molecule has 1 atom stereocenters. The quantitative estimate of drug-likeness (QED) is 0.641. The number of aromatic nitrogens is 1. The molecule has 0 spiro atoms. The number of hydrogen-bond donors (Lipinski definition) is 1. The first-order chi connectivity index (χ1) is 10.4. The number of benzene rings is 1. The molecule has 3 nitrogen and oxygen atoms in total. The van der Waals surface area contributed by atoms with E-state index in [1.165, 1.54) is 0 Å². The highest BCUT2D eigenvalue weighted by Gasteiger charge is 2.27. The van der Waals surface area contributed by atoms with Crippen LogP contribution in [0, 0.1) is 0 Å². The molecule has 1 aromatic carbocycles. The van der Waals surface area contributed by atoms with Crippen molar-refractivity contribution in [3.05, 3.63) is 35.2 Å². The highest BCUT2D eigenvalue weighted by Crippen LogP contribution is 2.42. The molecule has 0 amide bonds. The first-order valence-corrected chi connectivity index (χ1v) is 8.80. The summed E-state index contributed by atoms with van der Waals surface area (Å²) in [7, 11) is 0. The van der Waals surface area contributed by atoms with E-state index < -0.39 is 0 Å². The Hall–Kier alpha value is -1.29. The second-order valence-corrected chi connectivity index (χ2v) is 9.49. The minimum atomic E-state index is -0.168. The van der Waals surface area contributed by atoms with Gasteiger partial charge in [0.1, 0.15) is 12.0 Å². The van der Waals surface area contributed by atoms with Gasteiger partial charge in [-0.3, -0.25) is 0 Å². The van der Waals surface area contributed by atoms with Crippen LogP contribution in [0.25, 0.3) is 11.5 Å². The maximum absolute atomic E-state index is 10.8. The van der Waals surface area contributed by atoms with Crippen molar-refractivity contribution in [3.63, 3.8) is 0 Å². The first-order valence-electron chi connectivity index (χ1n) is 7.89. The monoisotopic (exact) mass is 379 g/mol. The number of aromatic hydroxyl groups is 1. The first kappa shape index (κ1) is 18.1. The zero-order valence-corrected chi connectivity index (χ0v) is 16.6. The fraction of sp³-hybridized carbons (Fsp3) is 0.526. The molecular formula is C19H26BrNO2. The van der Waals surface area contributed by atoms with E-state index in [-0.39, 0.29) is 21.4 Å². The molecule has 0 bridgehead atoms. The van der Waals surface area contributed by atoms with Crippen LogP contribution in [0.3, 0.4) is 0 Å². The fourth-order valence-electron chi connectivity index (χ4n) is 2.39. The molecule has 2 rings (SSSR count). The summed E-state index contributed by atoms with van der Waals surface area (Å²) in [5.74, 6) is 0.710. The lowest BCUT2D eigenvalue weighted by Crippen LogP contribution is -2.17. The Kier molecular flexibility index (Phi) is 4.69. The van der Waals surface area contributed by atoms with Crippen molar-refractivity contribution in [2.75, 3.05) is 0 Å². The van der Waals surface area contributed by atoms with Crippen molar-refractivity contribution < 1.29 is 9.52 Å². The molecule has 1 unspecified atom stereocenters. The number of alkyl halides is 1. The van der Waals surface area contributed by atoms with Gasteiger partial charge in [0.2, 0.25) is 5.89 Å². The molecule has 4 heteroatoms. The van der Waals surface area contributed by atoms with Gasteiger partial charge in [-0.05, 0) is 29.4 Å². The number of nitrogens with zero attached hydrogens (tertiary/aromatic N) is 1. The Balaban J connectivity index is 2.71. The van der Waals surface area contributed by atoms with E-state index in [0.29, 0.717) is 11.5 Å². The molecule has 0 aliphatic rings. The summed E-state index contributed by atoms with van der Waals surface area (Å²) in [5.41, 5.74) is 3.34. The van der Waals surface area contributed by atoms with Gasteiger partial charge >= 0.3 is 0 Å². The zero-order valence-electron chi connectivity index (χ0n) is 15.0. The molecule has 0 aliphatic heterocycles. The van der Waals surface area contributed by atoms with Gasteiger partial charge in [0.25, 0.3) is 0 Å². The normalized spacial score (nSPS) is 14.1. The van der Waals surface area contributed by atoms with Gasteiger partial charge in [0, 0.05) is 5.56 Å². The van der Waals surface area contributed by atoms with Crippen LogP contribution in [0.15, 0.2) is 22.8 Å². The van der Waals surface area contributed by atoms with Crippen molar-refractivity contribution in [1.29, 1.82) is 0 Å². The fourth-order valence-corrected chi connectivity index (χ4v) is 2.61. The van der Waals surface area contributed by atoms with E-state index in [1.807, 2.05) is 13.0 Å². The van der Waals surface area contributed by atoms with Gasteiger partial charge in [-0.1, -0.05) is 63.5 Å². The molecule has 0 aliphatic carbocycles. The van der Waals surface area contributed by atoms with E-state index >= 15 is 0 Å². The second kappa shape index (κ2) is 5.97. The van der Waals surface area contributed by atoms with Crippen LogP contribution >= 0.6 is 15.9 Å². The van der Waals surface area contributed by atoms with Crippen LogP contribution in [0.4, 0.5) is 0 Å². The molecule has 2 aromatic rings. The molecule has 23 heavy (non-hydrogen) atoms. The second-order valence-electron chi connectivity index (χ2n) is 8.11. The van der Waals surface area contributed by atoms with Crippen molar-refractivity contribution in [3.8, 4) is 17.2 Å². The molecule has 1 heterocycles. The smallest absolute Gasteiger partial charge is 0.229 e. The van der Waals surface area contributed by atoms with Crippen molar-refractivity contribution >= 4 is 15.9 Å². The van der Waals surface area contributed by atoms with Gasteiger partial charge in [0.15, 0.2) is 0 Å². The van der Waals surface area contributed by atoms with Crippen LogP contribution in [-0.2, 0) is 10.8 Å². The van der Waals surface area contributed by atoms with E-state index in [4.69, 9.17) is 4.42 Å². The molecule has 0 saturated heterocycles. The lowest BCUT2D eigenvalue weighted by atomic mass is 9.79. The molecule has 0 saturated carbocycles. The maximum atomic E-state index is 10.8. The molecule has 0 fully saturated rings.